The summed E-state index contributed by atoms with van der Waals surface area (Å²) < 4.78 is 0. The van der Waals surface area contributed by atoms with E-state index in [1.54, 1.807) is 24.3 Å². The topological polar surface area (TPSA) is 90.5 Å². The molecule has 0 saturated carbocycles. The molecule has 0 unspecified atom stereocenters. The number of hydrazine groups is 1. The van der Waals surface area contributed by atoms with Crippen LogP contribution < -0.4 is 21.1 Å². The van der Waals surface area contributed by atoms with E-state index >= 15 is 0 Å². The van der Waals surface area contributed by atoms with Crippen LogP contribution in [0.25, 0.3) is 0 Å². The van der Waals surface area contributed by atoms with Gasteiger partial charge < -0.3 is 10.2 Å². The highest BCUT2D eigenvalue weighted by Crippen LogP contribution is 2.15. The second-order valence-corrected chi connectivity index (χ2v) is 7.67. The Labute approximate surface area is 184 Å². The highest BCUT2D eigenvalue weighted by Gasteiger charge is 2.25. The summed E-state index contributed by atoms with van der Waals surface area (Å²) in [6.45, 7) is 11.4. The van der Waals surface area contributed by atoms with Crippen molar-refractivity contribution < 1.29 is 14.4 Å². The van der Waals surface area contributed by atoms with E-state index in [0.29, 0.717) is 11.1 Å². The molecular formula is C24H32N4O3. The van der Waals surface area contributed by atoms with E-state index in [2.05, 4.69) is 34.9 Å². The van der Waals surface area contributed by atoms with Crippen molar-refractivity contribution >= 4 is 23.4 Å². The number of anilines is 1. The van der Waals surface area contributed by atoms with Gasteiger partial charge in [0.15, 0.2) is 0 Å². The number of hydrogen-bond donors (Lipinski definition) is 3. The predicted octanol–water partition coefficient (Wildman–Crippen LogP) is 3.06. The molecule has 3 N–H and O–H groups in total. The molecule has 0 fully saturated rings. The van der Waals surface area contributed by atoms with Crippen LogP contribution >= 0.6 is 0 Å². The molecular weight excluding hydrogens is 392 g/mol. The van der Waals surface area contributed by atoms with Crippen LogP contribution in [0.2, 0.25) is 0 Å². The monoisotopic (exact) mass is 424 g/mol. The van der Waals surface area contributed by atoms with Crippen molar-refractivity contribution in [1.29, 1.82) is 0 Å². The molecule has 1 atom stereocenters. The number of amides is 3. The fraction of sp³-hybridized carbons (Fsp3) is 0.375. The van der Waals surface area contributed by atoms with Gasteiger partial charge in [0.1, 0.15) is 6.04 Å². The Morgan fingerprint density at radius 1 is 0.871 bits per heavy atom. The summed E-state index contributed by atoms with van der Waals surface area (Å²) in [6, 6.07) is 13.6. The molecule has 0 saturated heterocycles. The van der Waals surface area contributed by atoms with E-state index in [9.17, 15) is 14.4 Å². The number of aryl methyl sites for hydroxylation is 1. The molecule has 7 heteroatoms. The molecule has 0 aliphatic carbocycles. The minimum absolute atomic E-state index is 0.168. The Hall–Kier alpha value is -3.35. The van der Waals surface area contributed by atoms with Gasteiger partial charge in [-0.3, -0.25) is 25.2 Å². The van der Waals surface area contributed by atoms with E-state index in [1.807, 2.05) is 45.0 Å². The molecule has 0 aliphatic heterocycles. The van der Waals surface area contributed by atoms with Gasteiger partial charge in [-0.2, -0.15) is 0 Å². The Bertz CT molecular complexity index is 905. The second-order valence-electron chi connectivity index (χ2n) is 7.67. The number of nitrogens with zero attached hydrogens (tertiary/aromatic N) is 1. The van der Waals surface area contributed by atoms with Crippen LogP contribution in [0.4, 0.5) is 5.69 Å². The Balaban J connectivity index is 1.99. The molecule has 2 aromatic carbocycles. The van der Waals surface area contributed by atoms with Crippen LogP contribution in [-0.4, -0.2) is 36.9 Å². The van der Waals surface area contributed by atoms with Crippen LogP contribution in [-0.2, 0) is 4.79 Å². The molecule has 0 heterocycles. The highest BCUT2D eigenvalue weighted by atomic mass is 16.2. The van der Waals surface area contributed by atoms with Gasteiger partial charge >= 0.3 is 0 Å². The molecule has 0 radical (unpaired) electrons. The maximum atomic E-state index is 12.6. The van der Waals surface area contributed by atoms with Crippen molar-refractivity contribution in [3.63, 3.8) is 0 Å². The van der Waals surface area contributed by atoms with Crippen molar-refractivity contribution in [2.45, 2.75) is 40.7 Å². The first kappa shape index (κ1) is 23.9. The van der Waals surface area contributed by atoms with Crippen LogP contribution in [0.5, 0.6) is 0 Å². The van der Waals surface area contributed by atoms with Gasteiger partial charge in [-0.05, 0) is 62.6 Å². The van der Waals surface area contributed by atoms with E-state index in [0.717, 1.165) is 24.3 Å². The van der Waals surface area contributed by atoms with Crippen molar-refractivity contribution in [3.8, 4) is 0 Å². The lowest BCUT2D eigenvalue weighted by atomic mass is 10.0. The van der Waals surface area contributed by atoms with E-state index in [1.165, 1.54) is 0 Å². The average molecular weight is 425 g/mol. The first-order valence-corrected chi connectivity index (χ1v) is 10.6. The van der Waals surface area contributed by atoms with Gasteiger partial charge in [-0.15, -0.1) is 0 Å². The third-order valence-corrected chi connectivity index (χ3v) is 5.18. The molecule has 0 aliphatic rings. The minimum Gasteiger partial charge on any atom is -0.372 e. The predicted molar refractivity (Wildman–Crippen MR) is 123 cm³/mol. The van der Waals surface area contributed by atoms with Gasteiger partial charge in [-0.1, -0.05) is 32.0 Å². The summed E-state index contributed by atoms with van der Waals surface area (Å²) in [5, 5.41) is 2.76. The SMILES string of the molecule is CCN(CC)c1ccc(C(=O)NNC(=O)[C@@H](NC(=O)c2ccccc2C)C(C)C)cc1. The average Bonchev–Trinajstić information content (AvgIpc) is 2.76. The molecule has 7 nitrogen and oxygen atoms in total. The van der Waals surface area contributed by atoms with Gasteiger partial charge in [-0.25, -0.2) is 0 Å². The molecule has 31 heavy (non-hydrogen) atoms. The zero-order valence-corrected chi connectivity index (χ0v) is 18.9. The summed E-state index contributed by atoms with van der Waals surface area (Å²) in [4.78, 5) is 39.8. The summed E-state index contributed by atoms with van der Waals surface area (Å²) in [5.41, 5.74) is 7.66. The summed E-state index contributed by atoms with van der Waals surface area (Å²) in [7, 11) is 0. The Morgan fingerprint density at radius 2 is 1.48 bits per heavy atom. The fourth-order valence-corrected chi connectivity index (χ4v) is 3.26. The smallest absolute Gasteiger partial charge is 0.269 e. The Morgan fingerprint density at radius 3 is 2.03 bits per heavy atom. The molecule has 0 aromatic heterocycles. The summed E-state index contributed by atoms with van der Waals surface area (Å²) in [5.74, 6) is -1.40. The van der Waals surface area contributed by atoms with Gasteiger partial charge in [0, 0.05) is 29.9 Å². The third kappa shape index (κ3) is 6.31. The maximum Gasteiger partial charge on any atom is 0.269 e. The van der Waals surface area contributed by atoms with Crippen LogP contribution in [0.1, 0.15) is 54.0 Å². The highest BCUT2D eigenvalue weighted by molar-refractivity contribution is 6.00. The lowest BCUT2D eigenvalue weighted by Crippen LogP contribution is -2.54. The quantitative estimate of drug-likeness (QED) is 0.568. The molecule has 166 valence electrons. The molecule has 2 rings (SSSR count). The number of rotatable bonds is 8. The van der Waals surface area contributed by atoms with Crippen LogP contribution in [0.15, 0.2) is 48.5 Å². The number of nitrogens with one attached hydrogen (secondary N) is 3. The summed E-state index contributed by atoms with van der Waals surface area (Å²) >= 11 is 0. The van der Waals surface area contributed by atoms with Gasteiger partial charge in [0.25, 0.3) is 17.7 Å². The van der Waals surface area contributed by atoms with Crippen molar-refractivity contribution in [1.82, 2.24) is 16.2 Å². The number of carbonyl (C=O) groups is 3. The van der Waals surface area contributed by atoms with Crippen molar-refractivity contribution in [3.05, 3.63) is 65.2 Å². The van der Waals surface area contributed by atoms with E-state index in [-0.39, 0.29) is 11.8 Å². The standard InChI is InChI=1S/C24H32N4O3/c1-6-28(7-2)19-14-12-18(13-15-19)22(29)26-27-24(31)21(16(3)4)25-23(30)20-11-9-8-10-17(20)5/h8-16,21H,6-7H2,1-5H3,(H,25,30)(H,26,29)(H,27,31)/t21-/m0/s1. The van der Waals surface area contributed by atoms with Gasteiger partial charge in [0.2, 0.25) is 0 Å². The van der Waals surface area contributed by atoms with E-state index in [4.69, 9.17) is 0 Å². The lowest BCUT2D eigenvalue weighted by molar-refractivity contribution is -0.124. The molecule has 0 bridgehead atoms. The largest absolute Gasteiger partial charge is 0.372 e. The van der Waals surface area contributed by atoms with E-state index < -0.39 is 17.9 Å². The third-order valence-electron chi connectivity index (χ3n) is 5.18. The Kier molecular flexibility index (Phi) is 8.61. The number of benzene rings is 2. The molecule has 3 amide bonds. The normalized spacial score (nSPS) is 11.5. The zero-order valence-electron chi connectivity index (χ0n) is 18.9. The summed E-state index contributed by atoms with van der Waals surface area (Å²) in [6.07, 6.45) is 0. The van der Waals surface area contributed by atoms with Crippen LogP contribution in [0, 0.1) is 12.8 Å². The molecule has 0 spiro atoms. The maximum absolute atomic E-state index is 12.6. The zero-order chi connectivity index (χ0) is 23.0. The second kappa shape index (κ2) is 11.2. The fourth-order valence-electron chi connectivity index (χ4n) is 3.26. The first-order chi connectivity index (χ1) is 14.8. The first-order valence-electron chi connectivity index (χ1n) is 10.6. The lowest BCUT2D eigenvalue weighted by Gasteiger charge is -2.22. The van der Waals surface area contributed by atoms with Gasteiger partial charge in [0.05, 0.1) is 0 Å². The molecule has 2 aromatic rings. The number of hydrogen-bond acceptors (Lipinski definition) is 4. The minimum atomic E-state index is -0.794. The van der Waals surface area contributed by atoms with Crippen molar-refractivity contribution in [2.75, 3.05) is 18.0 Å². The van der Waals surface area contributed by atoms with Crippen molar-refractivity contribution in [2.24, 2.45) is 5.92 Å². The van der Waals surface area contributed by atoms with Crippen LogP contribution in [0.3, 0.4) is 0 Å². The number of carbonyl (C=O) groups excluding carboxylic acids is 3.